The lowest BCUT2D eigenvalue weighted by molar-refractivity contribution is 0.154. The van der Waals surface area contributed by atoms with Crippen LogP contribution < -0.4 is 4.74 Å². The molecular weight excluding hydrogens is 314 g/mol. The molecule has 0 fully saturated rings. The van der Waals surface area contributed by atoms with E-state index in [-0.39, 0.29) is 11.1 Å². The summed E-state index contributed by atoms with van der Waals surface area (Å²) in [7, 11) is -1.82. The van der Waals surface area contributed by atoms with Crippen molar-refractivity contribution < 1.29 is 9.16 Å². The van der Waals surface area contributed by atoms with Crippen LogP contribution in [0.2, 0.25) is 23.2 Å². The molecule has 5 heteroatoms. The van der Waals surface area contributed by atoms with Gasteiger partial charge in [0, 0.05) is 6.07 Å². The molecule has 0 N–H and O–H groups in total. The molecule has 22 heavy (non-hydrogen) atoms. The Morgan fingerprint density at radius 1 is 1.41 bits per heavy atom. The fourth-order valence-corrected chi connectivity index (χ4v) is 2.72. The zero-order valence-corrected chi connectivity index (χ0v) is 15.7. The predicted octanol–water partition coefficient (Wildman–Crippen LogP) is 5.17. The lowest BCUT2D eigenvalue weighted by atomic mass is 10.2. The summed E-state index contributed by atoms with van der Waals surface area (Å²) < 4.78 is 12.0. The van der Waals surface area contributed by atoms with Gasteiger partial charge >= 0.3 is 0 Å². The van der Waals surface area contributed by atoms with Gasteiger partial charge in [0.15, 0.2) is 8.32 Å². The van der Waals surface area contributed by atoms with Gasteiger partial charge in [0.2, 0.25) is 0 Å². The number of rotatable bonds is 6. The first-order chi connectivity index (χ1) is 10.1. The minimum Gasteiger partial charge on any atom is -0.484 e. The van der Waals surface area contributed by atoms with Crippen LogP contribution in [-0.2, 0) is 4.43 Å². The van der Waals surface area contributed by atoms with E-state index in [0.29, 0.717) is 22.9 Å². The summed E-state index contributed by atoms with van der Waals surface area (Å²) >= 11 is 6.01. The van der Waals surface area contributed by atoms with Crippen molar-refractivity contribution in [2.75, 3.05) is 6.61 Å². The van der Waals surface area contributed by atoms with Crippen molar-refractivity contribution in [3.05, 3.63) is 41.4 Å². The van der Waals surface area contributed by atoms with E-state index in [1.165, 1.54) is 0 Å². The van der Waals surface area contributed by atoms with E-state index in [1.807, 2.05) is 6.07 Å². The highest BCUT2D eigenvalue weighted by atomic mass is 35.5. The van der Waals surface area contributed by atoms with Crippen molar-refractivity contribution in [1.29, 1.82) is 5.26 Å². The van der Waals surface area contributed by atoms with Crippen LogP contribution in [0.25, 0.3) is 0 Å². The van der Waals surface area contributed by atoms with Gasteiger partial charge in [0.05, 0.1) is 17.2 Å². The number of hydrogen-bond donors (Lipinski definition) is 0. The van der Waals surface area contributed by atoms with E-state index in [4.69, 9.17) is 26.0 Å². The quantitative estimate of drug-likeness (QED) is 0.531. The topological polar surface area (TPSA) is 42.2 Å². The molecule has 0 saturated heterocycles. The van der Waals surface area contributed by atoms with Gasteiger partial charge in [-0.05, 0) is 36.3 Å². The molecule has 120 valence electrons. The first-order valence-electron chi connectivity index (χ1n) is 7.23. The van der Waals surface area contributed by atoms with E-state index in [1.54, 1.807) is 24.3 Å². The molecule has 0 amide bonds. The summed E-state index contributed by atoms with van der Waals surface area (Å²) in [6.07, 6.45) is 1.47. The summed E-state index contributed by atoms with van der Waals surface area (Å²) in [6.45, 7) is 15.3. The Kier molecular flexibility index (Phi) is 6.24. The normalized spacial score (nSPS) is 13.3. The number of nitriles is 1. The van der Waals surface area contributed by atoms with Gasteiger partial charge in [-0.25, -0.2) is 0 Å². The number of hydrogen-bond acceptors (Lipinski definition) is 3. The van der Waals surface area contributed by atoms with Gasteiger partial charge in [0.1, 0.15) is 17.9 Å². The molecule has 1 atom stereocenters. The molecule has 1 aromatic rings. The highest BCUT2D eigenvalue weighted by Gasteiger charge is 2.37. The maximum atomic E-state index is 8.88. The minimum atomic E-state index is -1.82. The Balaban J connectivity index is 2.73. The molecule has 0 saturated carbocycles. The molecule has 0 aliphatic carbocycles. The molecule has 0 aliphatic heterocycles. The van der Waals surface area contributed by atoms with Gasteiger partial charge in [-0.1, -0.05) is 39.0 Å². The Morgan fingerprint density at radius 2 is 2.05 bits per heavy atom. The Labute approximate surface area is 139 Å². The summed E-state index contributed by atoms with van der Waals surface area (Å²) in [5.41, 5.74) is 0.432. The predicted molar refractivity (Wildman–Crippen MR) is 93.9 cm³/mol. The lowest BCUT2D eigenvalue weighted by Crippen LogP contribution is -2.43. The third-order valence-electron chi connectivity index (χ3n) is 4.03. The van der Waals surface area contributed by atoms with Gasteiger partial charge in [-0.2, -0.15) is 5.26 Å². The van der Waals surface area contributed by atoms with Crippen molar-refractivity contribution >= 4 is 19.9 Å². The van der Waals surface area contributed by atoms with Crippen molar-refractivity contribution in [2.45, 2.75) is 45.0 Å². The summed E-state index contributed by atoms with van der Waals surface area (Å²) in [5.74, 6) is 0.604. The Hall–Kier alpha value is -1.28. The maximum Gasteiger partial charge on any atom is 0.192 e. The number of halogens is 1. The molecular formula is C17H24ClNO2Si. The summed E-state index contributed by atoms with van der Waals surface area (Å²) in [4.78, 5) is 0. The molecule has 1 aromatic carbocycles. The van der Waals surface area contributed by atoms with Crippen molar-refractivity contribution in [3.8, 4) is 11.8 Å². The molecule has 0 aliphatic rings. The molecule has 1 unspecified atom stereocenters. The fraction of sp³-hybridized carbons (Fsp3) is 0.471. The highest BCUT2D eigenvalue weighted by molar-refractivity contribution is 6.74. The van der Waals surface area contributed by atoms with Crippen molar-refractivity contribution in [1.82, 2.24) is 0 Å². The Bertz CT molecular complexity index is 573. The monoisotopic (exact) mass is 337 g/mol. The standard InChI is InChI=1S/C17H24ClNO2Si/c1-7-14(12-20-22(5,6)17(2,3)4)21-15-9-8-13(11-19)16(18)10-15/h7-10,14H,1,12H2,2-6H3. The van der Waals surface area contributed by atoms with Crippen LogP contribution in [0.1, 0.15) is 26.3 Å². The Morgan fingerprint density at radius 3 is 2.50 bits per heavy atom. The second kappa shape index (κ2) is 7.32. The molecule has 0 bridgehead atoms. The number of nitrogens with zero attached hydrogens (tertiary/aromatic N) is 1. The van der Waals surface area contributed by atoms with Crippen LogP contribution >= 0.6 is 11.6 Å². The average molecular weight is 338 g/mol. The van der Waals surface area contributed by atoms with Gasteiger partial charge in [0.25, 0.3) is 0 Å². The van der Waals surface area contributed by atoms with Crippen LogP contribution in [0.4, 0.5) is 0 Å². The van der Waals surface area contributed by atoms with Crippen LogP contribution in [0.5, 0.6) is 5.75 Å². The highest BCUT2D eigenvalue weighted by Crippen LogP contribution is 2.36. The average Bonchev–Trinajstić information content (AvgIpc) is 2.42. The molecule has 0 heterocycles. The maximum absolute atomic E-state index is 8.88. The zero-order chi connectivity index (χ0) is 17.0. The fourth-order valence-electron chi connectivity index (χ4n) is 1.49. The van der Waals surface area contributed by atoms with Crippen LogP contribution in [-0.4, -0.2) is 21.0 Å². The van der Waals surface area contributed by atoms with E-state index < -0.39 is 8.32 Å². The van der Waals surface area contributed by atoms with E-state index in [0.717, 1.165) is 0 Å². The zero-order valence-electron chi connectivity index (χ0n) is 13.9. The summed E-state index contributed by atoms with van der Waals surface area (Å²) in [5, 5.41) is 9.41. The molecule has 0 radical (unpaired) electrons. The third-order valence-corrected chi connectivity index (χ3v) is 8.84. The smallest absolute Gasteiger partial charge is 0.192 e. The molecule has 0 spiro atoms. The van der Waals surface area contributed by atoms with Crippen LogP contribution in [0, 0.1) is 11.3 Å². The summed E-state index contributed by atoms with van der Waals surface area (Å²) in [6, 6.07) is 7.04. The van der Waals surface area contributed by atoms with E-state index >= 15 is 0 Å². The molecule has 0 aromatic heterocycles. The third kappa shape index (κ3) is 4.87. The van der Waals surface area contributed by atoms with Crippen LogP contribution in [0.3, 0.4) is 0 Å². The van der Waals surface area contributed by atoms with Crippen LogP contribution in [0.15, 0.2) is 30.9 Å². The largest absolute Gasteiger partial charge is 0.484 e. The van der Waals surface area contributed by atoms with Crippen molar-refractivity contribution in [3.63, 3.8) is 0 Å². The van der Waals surface area contributed by atoms with Gasteiger partial charge in [-0.3, -0.25) is 0 Å². The van der Waals surface area contributed by atoms with Crippen molar-refractivity contribution in [2.24, 2.45) is 0 Å². The lowest BCUT2D eigenvalue weighted by Gasteiger charge is -2.37. The SMILES string of the molecule is C=CC(CO[Si](C)(C)C(C)(C)C)Oc1ccc(C#N)c(Cl)c1. The number of benzene rings is 1. The molecule has 3 nitrogen and oxygen atoms in total. The van der Waals surface area contributed by atoms with E-state index in [2.05, 4.69) is 40.4 Å². The second-order valence-corrected chi connectivity index (χ2v) is 11.9. The first kappa shape index (κ1) is 18.8. The first-order valence-corrected chi connectivity index (χ1v) is 10.5. The second-order valence-electron chi connectivity index (χ2n) is 6.72. The molecule has 1 rings (SSSR count). The van der Waals surface area contributed by atoms with E-state index in [9.17, 15) is 0 Å². The minimum absolute atomic E-state index is 0.149. The van der Waals surface area contributed by atoms with Gasteiger partial charge < -0.3 is 9.16 Å². The number of ether oxygens (including phenoxy) is 1. The van der Waals surface area contributed by atoms with Gasteiger partial charge in [-0.15, -0.1) is 0 Å².